The van der Waals surface area contributed by atoms with E-state index in [1.54, 1.807) is 24.0 Å². The van der Waals surface area contributed by atoms with Crippen LogP contribution < -0.4 is 17.0 Å². The highest BCUT2D eigenvalue weighted by atomic mass is 16.1. The van der Waals surface area contributed by atoms with Crippen molar-refractivity contribution in [2.45, 2.75) is 13.3 Å². The number of aromatic nitrogens is 5. The summed E-state index contributed by atoms with van der Waals surface area (Å²) in [6, 6.07) is 19.3. The molecule has 0 saturated heterocycles. The molecule has 2 aromatic carbocycles. The SMILES string of the molecule is C=C/C=N\c1c(C(N)=O)c(N)nn1C.CCc1nc2cccc(/C=C/c3cccnc3)c2c(=O)n1-c1ccccc1. The second-order valence-electron chi connectivity index (χ2n) is 8.80. The molecule has 10 nitrogen and oxygen atoms in total. The molecular weight excluding hydrogens is 516 g/mol. The molecule has 0 atom stereocenters. The van der Waals surface area contributed by atoms with Gasteiger partial charge in [-0.2, -0.15) is 5.10 Å². The number of fused-ring (bicyclic) bond motifs is 1. The van der Waals surface area contributed by atoms with Gasteiger partial charge >= 0.3 is 0 Å². The number of aliphatic imine (C=N–C) groups is 1. The number of anilines is 1. The van der Waals surface area contributed by atoms with Gasteiger partial charge in [0, 0.05) is 32.1 Å². The van der Waals surface area contributed by atoms with Gasteiger partial charge in [0.25, 0.3) is 11.5 Å². The van der Waals surface area contributed by atoms with Crippen molar-refractivity contribution in [2.75, 3.05) is 5.73 Å². The van der Waals surface area contributed by atoms with Crippen molar-refractivity contribution in [2.24, 2.45) is 17.8 Å². The van der Waals surface area contributed by atoms with Crippen molar-refractivity contribution in [1.82, 2.24) is 24.3 Å². The van der Waals surface area contributed by atoms with Gasteiger partial charge < -0.3 is 11.5 Å². The Labute approximate surface area is 237 Å². The number of hydrogen-bond donors (Lipinski definition) is 2. The molecule has 5 aromatic rings. The first-order valence-corrected chi connectivity index (χ1v) is 12.8. The summed E-state index contributed by atoms with van der Waals surface area (Å²) in [5.41, 5.74) is 14.1. The topological polar surface area (TPSA) is 147 Å². The maximum absolute atomic E-state index is 13.4. The summed E-state index contributed by atoms with van der Waals surface area (Å²) in [5, 5.41) is 4.45. The molecule has 0 radical (unpaired) electrons. The molecule has 10 heteroatoms. The molecule has 0 fully saturated rings. The van der Waals surface area contributed by atoms with E-state index in [-0.39, 0.29) is 16.9 Å². The molecule has 3 heterocycles. The van der Waals surface area contributed by atoms with Crippen molar-refractivity contribution in [3.8, 4) is 5.69 Å². The minimum atomic E-state index is -0.646. The van der Waals surface area contributed by atoms with Crippen LogP contribution in [0.4, 0.5) is 11.6 Å². The van der Waals surface area contributed by atoms with Gasteiger partial charge in [-0.05, 0) is 35.4 Å². The zero-order valence-corrected chi connectivity index (χ0v) is 22.8. The number of hydrogen-bond acceptors (Lipinski definition) is 7. The maximum Gasteiger partial charge on any atom is 0.266 e. The number of carbonyl (C=O) groups is 1. The molecule has 0 aliphatic rings. The monoisotopic (exact) mass is 546 g/mol. The highest BCUT2D eigenvalue weighted by Crippen LogP contribution is 2.23. The first-order chi connectivity index (χ1) is 19.8. The van der Waals surface area contributed by atoms with Gasteiger partial charge in [-0.1, -0.05) is 68.1 Å². The molecule has 0 bridgehead atoms. The van der Waals surface area contributed by atoms with E-state index in [2.05, 4.69) is 21.7 Å². The maximum atomic E-state index is 13.4. The molecule has 206 valence electrons. The number of para-hydroxylation sites is 1. The second-order valence-corrected chi connectivity index (χ2v) is 8.80. The summed E-state index contributed by atoms with van der Waals surface area (Å²) in [6.45, 7) is 5.47. The molecule has 0 aliphatic heterocycles. The summed E-state index contributed by atoms with van der Waals surface area (Å²) in [4.78, 5) is 37.3. The zero-order valence-electron chi connectivity index (χ0n) is 22.8. The minimum Gasteiger partial charge on any atom is -0.381 e. The van der Waals surface area contributed by atoms with Crippen molar-refractivity contribution < 1.29 is 4.79 Å². The van der Waals surface area contributed by atoms with Gasteiger partial charge in [-0.25, -0.2) is 14.7 Å². The molecular formula is C31H30N8O2. The molecule has 5 rings (SSSR count). The fourth-order valence-corrected chi connectivity index (χ4v) is 4.22. The molecule has 41 heavy (non-hydrogen) atoms. The lowest BCUT2D eigenvalue weighted by molar-refractivity contribution is 0.100. The number of allylic oxidation sites excluding steroid dienone is 1. The van der Waals surface area contributed by atoms with E-state index in [0.717, 1.165) is 28.2 Å². The number of amides is 1. The second kappa shape index (κ2) is 12.9. The molecule has 3 aromatic heterocycles. The molecule has 0 unspecified atom stereocenters. The lowest BCUT2D eigenvalue weighted by Gasteiger charge is -2.13. The van der Waals surface area contributed by atoms with Gasteiger partial charge in [0.2, 0.25) is 0 Å². The number of nitrogens with two attached hydrogens (primary N) is 2. The van der Waals surface area contributed by atoms with Crippen molar-refractivity contribution in [3.05, 3.63) is 119 Å². The minimum absolute atomic E-state index is 0.0468. The van der Waals surface area contributed by atoms with Crippen LogP contribution in [0.5, 0.6) is 0 Å². The lowest BCUT2D eigenvalue weighted by Crippen LogP contribution is -2.24. The summed E-state index contributed by atoms with van der Waals surface area (Å²) in [6.07, 6.45) is 11.0. The molecule has 0 saturated carbocycles. The van der Waals surface area contributed by atoms with E-state index in [1.165, 1.54) is 17.0 Å². The van der Waals surface area contributed by atoms with Crippen molar-refractivity contribution in [1.29, 1.82) is 0 Å². The van der Waals surface area contributed by atoms with Crippen LogP contribution in [0.2, 0.25) is 0 Å². The number of nitrogens with zero attached hydrogens (tertiary/aromatic N) is 6. The lowest BCUT2D eigenvalue weighted by atomic mass is 10.1. The van der Waals surface area contributed by atoms with E-state index >= 15 is 0 Å². The van der Waals surface area contributed by atoms with Gasteiger partial charge in [-0.3, -0.25) is 19.1 Å². The predicted octanol–water partition coefficient (Wildman–Crippen LogP) is 4.50. The number of primary amides is 1. The van der Waals surface area contributed by atoms with Crippen LogP contribution in [-0.4, -0.2) is 36.4 Å². The number of nitrogen functional groups attached to an aromatic ring is 1. The number of carbonyl (C=O) groups excluding carboxylic acids is 1. The fourth-order valence-electron chi connectivity index (χ4n) is 4.22. The Kier molecular flexibility index (Phi) is 8.95. The number of aryl methyl sites for hydroxylation is 2. The van der Waals surface area contributed by atoms with E-state index in [4.69, 9.17) is 16.5 Å². The number of pyridine rings is 1. The van der Waals surface area contributed by atoms with Gasteiger partial charge in [0.15, 0.2) is 11.6 Å². The molecule has 0 spiro atoms. The van der Waals surface area contributed by atoms with Crippen molar-refractivity contribution in [3.63, 3.8) is 0 Å². The van der Waals surface area contributed by atoms with E-state index in [1.807, 2.05) is 79.7 Å². The third kappa shape index (κ3) is 6.34. The fraction of sp³-hybridized carbons (Fsp3) is 0.0968. The average molecular weight is 547 g/mol. The Bertz CT molecular complexity index is 1800. The largest absolute Gasteiger partial charge is 0.381 e. The normalized spacial score (nSPS) is 11.1. The summed E-state index contributed by atoms with van der Waals surface area (Å²) in [5.74, 6) is 0.519. The van der Waals surface area contributed by atoms with Crippen LogP contribution >= 0.6 is 0 Å². The highest BCUT2D eigenvalue weighted by molar-refractivity contribution is 6.02. The van der Waals surface area contributed by atoms with E-state index in [9.17, 15) is 9.59 Å². The number of rotatable bonds is 7. The quantitative estimate of drug-likeness (QED) is 0.287. The Morgan fingerprint density at radius 3 is 2.51 bits per heavy atom. The van der Waals surface area contributed by atoms with Crippen molar-refractivity contribution >= 4 is 46.8 Å². The first-order valence-electron chi connectivity index (χ1n) is 12.8. The third-order valence-corrected chi connectivity index (χ3v) is 6.06. The Balaban J connectivity index is 0.000000234. The van der Waals surface area contributed by atoms with Crippen LogP contribution in [0.3, 0.4) is 0 Å². The van der Waals surface area contributed by atoms with Crippen LogP contribution in [0.15, 0.2) is 95.5 Å². The van der Waals surface area contributed by atoms with Crippen LogP contribution in [0.25, 0.3) is 28.7 Å². The summed E-state index contributed by atoms with van der Waals surface area (Å²) < 4.78 is 3.10. The molecule has 1 amide bonds. The van der Waals surface area contributed by atoms with Gasteiger partial charge in [0.05, 0.1) is 16.6 Å². The summed E-state index contributed by atoms with van der Waals surface area (Å²) >= 11 is 0. The molecule has 4 N–H and O–H groups in total. The van der Waals surface area contributed by atoms with Crippen LogP contribution in [0.1, 0.15) is 34.2 Å². The summed E-state index contributed by atoms with van der Waals surface area (Å²) in [7, 11) is 1.62. The first kappa shape index (κ1) is 28.4. The smallest absolute Gasteiger partial charge is 0.266 e. The van der Waals surface area contributed by atoms with Gasteiger partial charge in [-0.15, -0.1) is 0 Å². The average Bonchev–Trinajstić information content (AvgIpc) is 3.28. The standard InChI is InChI=1S/C23H19N3O.C8H11N5O/c1-2-21-25-20-12-6-9-18(14-13-17-8-7-15-24-16-17)22(20)23(27)26(21)19-10-4-3-5-11-19;1-3-4-11-8-5(7(10)14)6(9)12-13(8)2/h3-16H,2H2,1H3;3-4H,1H2,2H3,(H2,9,12)(H2,10,14)/b14-13+;11-4-. The zero-order chi connectivity index (χ0) is 29.4. The van der Waals surface area contributed by atoms with E-state index < -0.39 is 5.91 Å². The highest BCUT2D eigenvalue weighted by Gasteiger charge is 2.17. The van der Waals surface area contributed by atoms with E-state index in [0.29, 0.717) is 17.6 Å². The molecule has 0 aliphatic carbocycles. The van der Waals surface area contributed by atoms with Crippen LogP contribution in [-0.2, 0) is 13.5 Å². The Morgan fingerprint density at radius 2 is 1.85 bits per heavy atom. The van der Waals surface area contributed by atoms with Gasteiger partial charge in [0.1, 0.15) is 11.4 Å². The number of benzene rings is 2. The van der Waals surface area contributed by atoms with Crippen LogP contribution in [0, 0.1) is 0 Å². The third-order valence-electron chi connectivity index (χ3n) is 6.06. The predicted molar refractivity (Wildman–Crippen MR) is 164 cm³/mol. The Morgan fingerprint density at radius 1 is 1.07 bits per heavy atom. The Hall–Kier alpha value is -5.64.